The molecule has 0 bridgehead atoms. The number of carbonyl (C=O) groups is 2. The van der Waals surface area contributed by atoms with Crippen molar-refractivity contribution in [2.24, 2.45) is 0 Å². The van der Waals surface area contributed by atoms with E-state index in [0.29, 0.717) is 34.1 Å². The Bertz CT molecular complexity index is 1550. The predicted octanol–water partition coefficient (Wildman–Crippen LogP) is 7.64. The van der Waals surface area contributed by atoms with Crippen LogP contribution in [-0.4, -0.2) is 26.6 Å². The number of fused-ring (bicyclic) bond motifs is 1. The zero-order valence-corrected chi connectivity index (χ0v) is 22.3. The molecule has 0 spiro atoms. The van der Waals surface area contributed by atoms with Crippen molar-refractivity contribution in [3.63, 3.8) is 0 Å². The summed E-state index contributed by atoms with van der Waals surface area (Å²) in [5.41, 5.74) is 4.15. The molecule has 0 unspecified atom stereocenters. The lowest BCUT2D eigenvalue weighted by molar-refractivity contribution is 0.0935. The van der Waals surface area contributed by atoms with Gasteiger partial charge >= 0.3 is 0 Å². The van der Waals surface area contributed by atoms with E-state index in [4.69, 9.17) is 11.6 Å². The van der Waals surface area contributed by atoms with Crippen molar-refractivity contribution in [3.8, 4) is 11.3 Å². The van der Waals surface area contributed by atoms with Gasteiger partial charge in [-0.05, 0) is 41.8 Å². The summed E-state index contributed by atoms with van der Waals surface area (Å²) in [4.78, 5) is 38.0. The quantitative estimate of drug-likeness (QED) is 0.132. The average Bonchev–Trinajstić information content (AvgIpc) is 3.65. The van der Waals surface area contributed by atoms with Gasteiger partial charge < -0.3 is 10.3 Å². The van der Waals surface area contributed by atoms with Crippen molar-refractivity contribution in [2.45, 2.75) is 38.1 Å². The highest BCUT2D eigenvalue weighted by Gasteiger charge is 2.20. The number of unbranched alkanes of at least 4 members (excludes halogenated alkanes) is 2. The lowest BCUT2D eigenvalue weighted by Gasteiger charge is -2.16. The van der Waals surface area contributed by atoms with Gasteiger partial charge in [-0.15, -0.1) is 11.3 Å². The van der Waals surface area contributed by atoms with Crippen LogP contribution in [0.3, 0.4) is 0 Å². The molecule has 192 valence electrons. The van der Waals surface area contributed by atoms with Crippen LogP contribution in [0.4, 0.5) is 0 Å². The van der Waals surface area contributed by atoms with Gasteiger partial charge in [-0.25, -0.2) is 4.98 Å². The first-order valence-corrected chi connectivity index (χ1v) is 13.9. The number of benzene rings is 3. The topological polar surface area (TPSA) is 87.7 Å². The van der Waals surface area contributed by atoms with Crippen LogP contribution in [0.15, 0.2) is 84.6 Å². The third-order valence-electron chi connectivity index (χ3n) is 6.52. The number of nitrogens with zero attached hydrogens (tertiary/aromatic N) is 2. The standard InChI is InChI=1S/C30H27ClN4O2S/c31-24-11-7-6-10-23(24)27(36)13-3-1-2-12-25(35-30(37)28-18-32-19-38-28)29-33-17-26(34-29)22-15-14-20-8-4-5-9-21(20)16-22/h4-11,14-19,25H,1-3,12-13H2,(H,33,34)(H,35,37)/t25-/m0/s1. The number of hydrogen-bond acceptors (Lipinski definition) is 5. The lowest BCUT2D eigenvalue weighted by Crippen LogP contribution is -2.28. The molecular weight excluding hydrogens is 516 g/mol. The maximum absolute atomic E-state index is 12.8. The first kappa shape index (κ1) is 25.8. The van der Waals surface area contributed by atoms with Crippen molar-refractivity contribution < 1.29 is 9.59 Å². The molecule has 2 aromatic heterocycles. The number of imidazole rings is 1. The number of Topliss-reactive ketones (excluding diaryl/α,β-unsaturated/α-hetero) is 1. The number of hydrogen-bond donors (Lipinski definition) is 2. The Labute approximate surface area is 230 Å². The second-order valence-corrected chi connectivity index (χ2v) is 10.4. The molecule has 38 heavy (non-hydrogen) atoms. The van der Waals surface area contributed by atoms with Gasteiger partial charge in [0, 0.05) is 17.5 Å². The minimum atomic E-state index is -0.293. The van der Waals surface area contributed by atoms with E-state index in [-0.39, 0.29) is 17.7 Å². The predicted molar refractivity (Wildman–Crippen MR) is 153 cm³/mol. The van der Waals surface area contributed by atoms with Crippen LogP contribution in [0.5, 0.6) is 0 Å². The Balaban J connectivity index is 1.25. The van der Waals surface area contributed by atoms with Crippen LogP contribution >= 0.6 is 22.9 Å². The average molecular weight is 543 g/mol. The second-order valence-electron chi connectivity index (χ2n) is 9.14. The Morgan fingerprint density at radius 3 is 2.58 bits per heavy atom. The van der Waals surface area contributed by atoms with Crippen LogP contribution in [-0.2, 0) is 0 Å². The largest absolute Gasteiger partial charge is 0.341 e. The molecule has 5 aromatic rings. The highest BCUT2D eigenvalue weighted by molar-refractivity contribution is 7.11. The molecule has 2 heterocycles. The molecule has 0 saturated carbocycles. The van der Waals surface area contributed by atoms with Crippen LogP contribution in [0.1, 0.15) is 64.0 Å². The lowest BCUT2D eigenvalue weighted by atomic mass is 10.0. The number of carbonyl (C=O) groups excluding carboxylic acids is 2. The van der Waals surface area contributed by atoms with Crippen molar-refractivity contribution in [3.05, 3.63) is 106 Å². The van der Waals surface area contributed by atoms with Gasteiger partial charge in [0.1, 0.15) is 10.7 Å². The number of H-pyrrole nitrogens is 1. The van der Waals surface area contributed by atoms with Gasteiger partial charge in [0.25, 0.3) is 5.91 Å². The van der Waals surface area contributed by atoms with E-state index >= 15 is 0 Å². The molecule has 5 rings (SSSR count). The molecule has 2 N–H and O–H groups in total. The van der Waals surface area contributed by atoms with E-state index in [1.54, 1.807) is 23.8 Å². The summed E-state index contributed by atoms with van der Waals surface area (Å²) >= 11 is 7.46. The molecule has 0 saturated heterocycles. The van der Waals surface area contributed by atoms with Crippen molar-refractivity contribution >= 4 is 45.4 Å². The van der Waals surface area contributed by atoms with Gasteiger partial charge in [0.05, 0.1) is 34.7 Å². The van der Waals surface area contributed by atoms with Gasteiger partial charge in [-0.2, -0.15) is 0 Å². The van der Waals surface area contributed by atoms with Crippen LogP contribution in [0.2, 0.25) is 5.02 Å². The first-order chi connectivity index (χ1) is 18.6. The fourth-order valence-corrected chi connectivity index (χ4v) is 5.25. The molecule has 0 radical (unpaired) electrons. The zero-order valence-electron chi connectivity index (χ0n) is 20.7. The number of ketones is 1. The molecule has 6 nitrogen and oxygen atoms in total. The maximum atomic E-state index is 12.8. The third-order valence-corrected chi connectivity index (χ3v) is 7.62. The maximum Gasteiger partial charge on any atom is 0.263 e. The molecule has 0 aliphatic rings. The highest BCUT2D eigenvalue weighted by atomic mass is 35.5. The summed E-state index contributed by atoms with van der Waals surface area (Å²) < 4.78 is 0. The Morgan fingerprint density at radius 1 is 0.947 bits per heavy atom. The number of amides is 1. The van der Waals surface area contributed by atoms with E-state index in [1.165, 1.54) is 16.7 Å². The molecule has 3 aromatic carbocycles. The molecule has 0 aliphatic heterocycles. The highest BCUT2D eigenvalue weighted by Crippen LogP contribution is 2.26. The van der Waals surface area contributed by atoms with Crippen LogP contribution in [0, 0.1) is 0 Å². The van der Waals surface area contributed by atoms with Crippen molar-refractivity contribution in [1.82, 2.24) is 20.3 Å². The van der Waals surface area contributed by atoms with E-state index in [2.05, 4.69) is 50.6 Å². The van der Waals surface area contributed by atoms with Gasteiger partial charge in [-0.3, -0.25) is 14.6 Å². The molecule has 0 fully saturated rings. The number of halogens is 1. The van der Waals surface area contributed by atoms with Gasteiger partial charge in [0.15, 0.2) is 5.78 Å². The molecule has 8 heteroatoms. The van der Waals surface area contributed by atoms with E-state index in [9.17, 15) is 9.59 Å². The summed E-state index contributed by atoms with van der Waals surface area (Å²) in [6.45, 7) is 0. The number of aromatic amines is 1. The Hall–Kier alpha value is -3.81. The van der Waals surface area contributed by atoms with E-state index in [0.717, 1.165) is 35.9 Å². The molecular formula is C30H27ClN4O2S. The van der Waals surface area contributed by atoms with Crippen molar-refractivity contribution in [2.75, 3.05) is 0 Å². The SMILES string of the molecule is O=C(N[C@@H](CCCCCC(=O)c1ccccc1Cl)c1ncc(-c2ccc3ccccc3c2)[nH]1)c1cncs1. The fraction of sp³-hybridized carbons (Fsp3) is 0.200. The molecule has 0 aliphatic carbocycles. The Kier molecular flexibility index (Phi) is 8.26. The number of thiazole rings is 1. The Morgan fingerprint density at radius 2 is 1.76 bits per heavy atom. The first-order valence-electron chi connectivity index (χ1n) is 12.6. The number of aromatic nitrogens is 3. The van der Waals surface area contributed by atoms with Crippen LogP contribution < -0.4 is 5.32 Å². The summed E-state index contributed by atoms with van der Waals surface area (Å²) in [7, 11) is 0. The summed E-state index contributed by atoms with van der Waals surface area (Å²) in [5.74, 6) is 0.588. The monoisotopic (exact) mass is 542 g/mol. The van der Waals surface area contributed by atoms with Crippen LogP contribution in [0.25, 0.3) is 22.0 Å². The van der Waals surface area contributed by atoms with Gasteiger partial charge in [-0.1, -0.05) is 73.0 Å². The summed E-state index contributed by atoms with van der Waals surface area (Å²) in [6.07, 6.45) is 6.94. The van der Waals surface area contributed by atoms with Crippen molar-refractivity contribution in [1.29, 1.82) is 0 Å². The molecule has 1 atom stereocenters. The summed E-state index contributed by atoms with van der Waals surface area (Å²) in [6, 6.07) is 21.4. The minimum absolute atomic E-state index is 0.0525. The zero-order chi connectivity index (χ0) is 26.3. The fourth-order valence-electron chi connectivity index (χ4n) is 4.48. The normalized spacial score (nSPS) is 11.9. The smallest absolute Gasteiger partial charge is 0.263 e. The molecule has 1 amide bonds. The summed E-state index contributed by atoms with van der Waals surface area (Å²) in [5, 5.41) is 5.94. The van der Waals surface area contributed by atoms with E-state index < -0.39 is 0 Å². The third kappa shape index (κ3) is 6.18. The minimum Gasteiger partial charge on any atom is -0.341 e. The number of nitrogens with one attached hydrogen (secondary N) is 2. The van der Waals surface area contributed by atoms with E-state index in [1.807, 2.05) is 30.5 Å². The van der Waals surface area contributed by atoms with Gasteiger partial charge in [0.2, 0.25) is 0 Å². The second kappa shape index (κ2) is 12.2. The number of rotatable bonds is 11.